The van der Waals surface area contributed by atoms with Crippen molar-refractivity contribution in [1.82, 2.24) is 4.90 Å². The number of amides is 1. The Labute approximate surface area is 79.7 Å². The van der Waals surface area contributed by atoms with Crippen LogP contribution in [0.15, 0.2) is 0 Å². The zero-order chi connectivity index (χ0) is 8.48. The summed E-state index contributed by atoms with van der Waals surface area (Å²) in [6.45, 7) is 5.30. The van der Waals surface area contributed by atoms with Gasteiger partial charge >= 0.3 is 0 Å². The summed E-state index contributed by atoms with van der Waals surface area (Å²) in [4.78, 5) is 12.8. The van der Waals surface area contributed by atoms with E-state index < -0.39 is 0 Å². The molecule has 0 bridgehead atoms. The summed E-state index contributed by atoms with van der Waals surface area (Å²) in [5.41, 5.74) is 5.85. The van der Waals surface area contributed by atoms with E-state index in [1.54, 1.807) is 6.92 Å². The van der Waals surface area contributed by atoms with Crippen LogP contribution in [0.5, 0.6) is 0 Å². The van der Waals surface area contributed by atoms with Crippen LogP contribution < -0.4 is 5.73 Å². The molecule has 1 aliphatic rings. The highest BCUT2D eigenvalue weighted by Gasteiger charge is 2.26. The third kappa shape index (κ3) is 2.99. The van der Waals surface area contributed by atoms with Gasteiger partial charge < -0.3 is 10.6 Å². The molecular formula is C8H17ClN2O. The predicted molar refractivity (Wildman–Crippen MR) is 51.3 cm³/mol. The lowest BCUT2D eigenvalue weighted by Crippen LogP contribution is -2.49. The Morgan fingerprint density at radius 1 is 1.42 bits per heavy atom. The maximum atomic E-state index is 10.9. The van der Waals surface area contributed by atoms with Crippen LogP contribution in [0.2, 0.25) is 0 Å². The standard InChI is InChI=1S/C8H16N2O.ClH/c1-7(11)10-5-3-8(2,9)4-6-10;/h3-6,9H2,1-2H3;1H. The van der Waals surface area contributed by atoms with Gasteiger partial charge in [-0.2, -0.15) is 0 Å². The minimum Gasteiger partial charge on any atom is -0.343 e. The molecule has 12 heavy (non-hydrogen) atoms. The molecule has 0 atom stereocenters. The van der Waals surface area contributed by atoms with Crippen LogP contribution in [-0.2, 0) is 4.79 Å². The van der Waals surface area contributed by atoms with Crippen LogP contribution in [0.25, 0.3) is 0 Å². The molecule has 0 saturated carbocycles. The molecule has 0 spiro atoms. The Hall–Kier alpha value is -0.280. The van der Waals surface area contributed by atoms with Crippen LogP contribution in [0.1, 0.15) is 26.7 Å². The van der Waals surface area contributed by atoms with Crippen LogP contribution in [0, 0.1) is 0 Å². The average Bonchev–Trinajstić information content (AvgIpc) is 1.86. The quantitative estimate of drug-likeness (QED) is 0.616. The molecule has 4 heteroatoms. The van der Waals surface area contributed by atoms with Gasteiger partial charge in [-0.25, -0.2) is 0 Å². The van der Waals surface area contributed by atoms with Gasteiger partial charge in [0.2, 0.25) is 5.91 Å². The van der Waals surface area contributed by atoms with Gasteiger partial charge in [0, 0.05) is 25.6 Å². The highest BCUT2D eigenvalue weighted by molar-refractivity contribution is 5.85. The number of halogens is 1. The van der Waals surface area contributed by atoms with E-state index in [2.05, 4.69) is 0 Å². The van der Waals surface area contributed by atoms with E-state index in [1.807, 2.05) is 11.8 Å². The van der Waals surface area contributed by atoms with Crippen LogP contribution in [0.4, 0.5) is 0 Å². The molecule has 1 saturated heterocycles. The Morgan fingerprint density at radius 2 is 1.83 bits per heavy atom. The minimum absolute atomic E-state index is 0. The van der Waals surface area contributed by atoms with Gasteiger partial charge in [-0.05, 0) is 19.8 Å². The van der Waals surface area contributed by atoms with Crippen molar-refractivity contribution < 1.29 is 4.79 Å². The number of nitrogens with two attached hydrogens (primary N) is 1. The maximum Gasteiger partial charge on any atom is 0.219 e. The number of rotatable bonds is 0. The molecule has 0 aromatic heterocycles. The van der Waals surface area contributed by atoms with Gasteiger partial charge in [-0.15, -0.1) is 12.4 Å². The zero-order valence-corrected chi connectivity index (χ0v) is 8.49. The van der Waals surface area contributed by atoms with Gasteiger partial charge in [0.1, 0.15) is 0 Å². The van der Waals surface area contributed by atoms with E-state index >= 15 is 0 Å². The third-order valence-electron chi connectivity index (χ3n) is 2.35. The first-order valence-electron chi connectivity index (χ1n) is 4.06. The summed E-state index contributed by atoms with van der Waals surface area (Å²) in [6, 6.07) is 0. The van der Waals surface area contributed by atoms with E-state index in [0.29, 0.717) is 0 Å². The first-order valence-corrected chi connectivity index (χ1v) is 4.06. The number of carbonyl (C=O) groups excluding carboxylic acids is 1. The Balaban J connectivity index is 0.00000121. The minimum atomic E-state index is -0.0497. The first-order chi connectivity index (χ1) is 5.01. The second kappa shape index (κ2) is 4.10. The largest absolute Gasteiger partial charge is 0.343 e. The van der Waals surface area contributed by atoms with Crippen molar-refractivity contribution in [2.24, 2.45) is 5.73 Å². The van der Waals surface area contributed by atoms with E-state index in [4.69, 9.17) is 5.73 Å². The molecule has 1 amide bonds. The van der Waals surface area contributed by atoms with E-state index in [9.17, 15) is 4.79 Å². The van der Waals surface area contributed by atoms with E-state index in [0.717, 1.165) is 25.9 Å². The van der Waals surface area contributed by atoms with Crippen molar-refractivity contribution in [2.75, 3.05) is 13.1 Å². The van der Waals surface area contributed by atoms with Gasteiger partial charge in [-0.3, -0.25) is 4.79 Å². The number of likely N-dealkylation sites (tertiary alicyclic amines) is 1. The maximum absolute atomic E-state index is 10.9. The summed E-state index contributed by atoms with van der Waals surface area (Å²) in [5.74, 6) is 0.167. The lowest BCUT2D eigenvalue weighted by molar-refractivity contribution is -0.130. The Morgan fingerprint density at radius 3 is 2.17 bits per heavy atom. The molecule has 3 nitrogen and oxygen atoms in total. The van der Waals surface area contributed by atoms with Gasteiger partial charge in [0.25, 0.3) is 0 Å². The molecule has 0 aromatic rings. The topological polar surface area (TPSA) is 46.3 Å². The fraction of sp³-hybridized carbons (Fsp3) is 0.875. The molecule has 1 aliphatic heterocycles. The van der Waals surface area contributed by atoms with Crippen LogP contribution >= 0.6 is 12.4 Å². The Kier molecular flexibility index (Phi) is 4.00. The summed E-state index contributed by atoms with van der Waals surface area (Å²) in [5, 5.41) is 0. The number of carbonyl (C=O) groups is 1. The smallest absolute Gasteiger partial charge is 0.219 e. The van der Waals surface area contributed by atoms with Gasteiger partial charge in [0.05, 0.1) is 0 Å². The van der Waals surface area contributed by atoms with Crippen molar-refractivity contribution >= 4 is 18.3 Å². The molecule has 72 valence electrons. The van der Waals surface area contributed by atoms with Gasteiger partial charge in [-0.1, -0.05) is 0 Å². The van der Waals surface area contributed by atoms with E-state index in [-0.39, 0.29) is 23.9 Å². The van der Waals surface area contributed by atoms with Crippen molar-refractivity contribution in [3.05, 3.63) is 0 Å². The molecule has 1 fully saturated rings. The molecular weight excluding hydrogens is 176 g/mol. The van der Waals surface area contributed by atoms with Crippen molar-refractivity contribution in [3.63, 3.8) is 0 Å². The molecule has 2 N–H and O–H groups in total. The Bertz CT molecular complexity index is 160. The zero-order valence-electron chi connectivity index (χ0n) is 7.67. The molecule has 0 unspecified atom stereocenters. The summed E-state index contributed by atoms with van der Waals surface area (Å²) >= 11 is 0. The molecule has 1 rings (SSSR count). The lowest BCUT2D eigenvalue weighted by Gasteiger charge is -2.36. The predicted octanol–water partition coefficient (Wildman–Crippen LogP) is 0.768. The molecule has 0 aromatic carbocycles. The second-order valence-electron chi connectivity index (χ2n) is 3.66. The van der Waals surface area contributed by atoms with Crippen molar-refractivity contribution in [2.45, 2.75) is 32.2 Å². The van der Waals surface area contributed by atoms with Crippen LogP contribution in [0.3, 0.4) is 0 Å². The SMILES string of the molecule is CC(=O)N1CCC(C)(N)CC1.Cl. The fourth-order valence-corrected chi connectivity index (χ4v) is 1.33. The summed E-state index contributed by atoms with van der Waals surface area (Å²) < 4.78 is 0. The summed E-state index contributed by atoms with van der Waals surface area (Å²) in [7, 11) is 0. The molecule has 0 radical (unpaired) electrons. The molecule has 0 aliphatic carbocycles. The number of piperidine rings is 1. The monoisotopic (exact) mass is 192 g/mol. The highest BCUT2D eigenvalue weighted by atomic mass is 35.5. The van der Waals surface area contributed by atoms with Gasteiger partial charge in [0.15, 0.2) is 0 Å². The number of hydrogen-bond donors (Lipinski definition) is 1. The highest BCUT2D eigenvalue weighted by Crippen LogP contribution is 2.18. The summed E-state index contributed by atoms with van der Waals surface area (Å²) in [6.07, 6.45) is 1.85. The molecule has 1 heterocycles. The number of nitrogens with zero attached hydrogens (tertiary/aromatic N) is 1. The second-order valence-corrected chi connectivity index (χ2v) is 3.66. The average molecular weight is 193 g/mol. The van der Waals surface area contributed by atoms with Crippen molar-refractivity contribution in [3.8, 4) is 0 Å². The van der Waals surface area contributed by atoms with Crippen molar-refractivity contribution in [1.29, 1.82) is 0 Å². The first kappa shape index (κ1) is 11.7. The lowest BCUT2D eigenvalue weighted by atomic mass is 9.91. The van der Waals surface area contributed by atoms with E-state index in [1.165, 1.54) is 0 Å². The fourth-order valence-electron chi connectivity index (χ4n) is 1.33. The normalized spacial score (nSPS) is 21.4. The number of hydrogen-bond acceptors (Lipinski definition) is 2. The van der Waals surface area contributed by atoms with Crippen LogP contribution in [-0.4, -0.2) is 29.4 Å². The third-order valence-corrected chi connectivity index (χ3v) is 2.35.